The molecule has 3 N–H and O–H groups in total. The van der Waals surface area contributed by atoms with Crippen LogP contribution in [0.4, 0.5) is 4.79 Å². The number of aliphatic carboxylic acids is 1. The second-order valence-electron chi connectivity index (χ2n) is 7.28. The maximum atomic E-state index is 12.6. The molecule has 0 heterocycles. The highest BCUT2D eigenvalue weighted by atomic mass is 35.5. The SMILES string of the molecule is O=C(NC1CCC(C(=O)O)CC1)NC1(c2cccc(Cl)c2)CCCC1. The minimum Gasteiger partial charge on any atom is -0.481 e. The third kappa shape index (κ3) is 4.27. The zero-order chi connectivity index (χ0) is 17.9. The van der Waals surface area contributed by atoms with Crippen molar-refractivity contribution < 1.29 is 14.7 Å². The van der Waals surface area contributed by atoms with E-state index in [0.29, 0.717) is 30.7 Å². The summed E-state index contributed by atoms with van der Waals surface area (Å²) in [6, 6.07) is 7.61. The zero-order valence-corrected chi connectivity index (χ0v) is 15.0. The molecule has 3 rings (SSSR count). The molecule has 0 aromatic heterocycles. The highest BCUT2D eigenvalue weighted by molar-refractivity contribution is 6.30. The lowest BCUT2D eigenvalue weighted by Crippen LogP contribution is -2.51. The average molecular weight is 365 g/mol. The number of carboxylic acids is 1. The van der Waals surface area contributed by atoms with Crippen molar-refractivity contribution in [1.82, 2.24) is 10.6 Å². The van der Waals surface area contributed by atoms with E-state index in [1.807, 2.05) is 24.3 Å². The van der Waals surface area contributed by atoms with Crippen LogP contribution in [0.5, 0.6) is 0 Å². The minimum absolute atomic E-state index is 0.0495. The van der Waals surface area contributed by atoms with E-state index < -0.39 is 5.97 Å². The van der Waals surface area contributed by atoms with Crippen molar-refractivity contribution in [2.75, 3.05) is 0 Å². The van der Waals surface area contributed by atoms with Gasteiger partial charge in [0.1, 0.15) is 0 Å². The first-order chi connectivity index (χ1) is 12.0. The highest BCUT2D eigenvalue weighted by Crippen LogP contribution is 2.39. The number of rotatable bonds is 4. The minimum atomic E-state index is -0.728. The lowest BCUT2D eigenvalue weighted by molar-refractivity contribution is -0.142. The van der Waals surface area contributed by atoms with Crippen LogP contribution in [-0.4, -0.2) is 23.1 Å². The summed E-state index contributed by atoms with van der Waals surface area (Å²) >= 11 is 6.14. The van der Waals surface area contributed by atoms with Crippen LogP contribution >= 0.6 is 11.6 Å². The fourth-order valence-corrected chi connectivity index (χ4v) is 4.36. The Morgan fingerprint density at radius 3 is 2.40 bits per heavy atom. The van der Waals surface area contributed by atoms with Gasteiger partial charge in [-0.3, -0.25) is 4.79 Å². The Bertz CT molecular complexity index is 635. The third-order valence-corrected chi connectivity index (χ3v) is 5.83. The molecular weight excluding hydrogens is 340 g/mol. The predicted molar refractivity (Wildman–Crippen MR) is 96.6 cm³/mol. The molecule has 25 heavy (non-hydrogen) atoms. The topological polar surface area (TPSA) is 78.4 Å². The van der Waals surface area contributed by atoms with Gasteiger partial charge in [-0.1, -0.05) is 36.6 Å². The maximum absolute atomic E-state index is 12.6. The van der Waals surface area contributed by atoms with Gasteiger partial charge in [0.05, 0.1) is 11.5 Å². The fraction of sp³-hybridized carbons (Fsp3) is 0.579. The maximum Gasteiger partial charge on any atom is 0.315 e. The summed E-state index contributed by atoms with van der Waals surface area (Å²) < 4.78 is 0. The molecule has 1 aromatic rings. The number of hydrogen-bond donors (Lipinski definition) is 3. The van der Waals surface area contributed by atoms with Crippen LogP contribution in [0.25, 0.3) is 0 Å². The zero-order valence-electron chi connectivity index (χ0n) is 14.3. The summed E-state index contributed by atoms with van der Waals surface area (Å²) in [5, 5.41) is 16.0. The van der Waals surface area contributed by atoms with Crippen molar-refractivity contribution in [1.29, 1.82) is 0 Å². The van der Waals surface area contributed by atoms with Gasteiger partial charge in [0.2, 0.25) is 0 Å². The Balaban J connectivity index is 1.61. The standard InChI is InChI=1S/C19H25ClN2O3/c20-15-5-3-4-14(12-15)19(10-1-2-11-19)22-18(25)21-16-8-6-13(7-9-16)17(23)24/h3-5,12-13,16H,1-2,6-11H2,(H,23,24)(H2,21,22,25). The Kier molecular flexibility index (Phi) is 5.52. The fourth-order valence-electron chi connectivity index (χ4n) is 4.17. The van der Waals surface area contributed by atoms with Gasteiger partial charge in [0, 0.05) is 11.1 Å². The van der Waals surface area contributed by atoms with Gasteiger partial charge in [0.15, 0.2) is 0 Å². The summed E-state index contributed by atoms with van der Waals surface area (Å²) in [4.78, 5) is 23.6. The first-order valence-corrected chi connectivity index (χ1v) is 9.44. The van der Waals surface area contributed by atoms with Crippen molar-refractivity contribution in [3.8, 4) is 0 Å². The first kappa shape index (κ1) is 18.1. The Labute approximate surface area is 153 Å². The van der Waals surface area contributed by atoms with Crippen LogP contribution in [0.2, 0.25) is 5.02 Å². The van der Waals surface area contributed by atoms with E-state index in [1.54, 1.807) is 0 Å². The summed E-state index contributed by atoms with van der Waals surface area (Å²) in [5.41, 5.74) is 0.704. The summed E-state index contributed by atoms with van der Waals surface area (Å²) in [7, 11) is 0. The average Bonchev–Trinajstić information content (AvgIpc) is 3.05. The molecule has 0 bridgehead atoms. The van der Waals surface area contributed by atoms with Gasteiger partial charge in [-0.05, 0) is 56.2 Å². The molecule has 6 heteroatoms. The molecular formula is C19H25ClN2O3. The lowest BCUT2D eigenvalue weighted by atomic mass is 9.86. The molecule has 0 unspecified atom stereocenters. The van der Waals surface area contributed by atoms with Crippen molar-refractivity contribution in [3.63, 3.8) is 0 Å². The molecule has 136 valence electrons. The molecule has 2 aliphatic carbocycles. The Morgan fingerprint density at radius 1 is 1.12 bits per heavy atom. The van der Waals surface area contributed by atoms with E-state index >= 15 is 0 Å². The monoisotopic (exact) mass is 364 g/mol. The number of carbonyl (C=O) groups is 2. The molecule has 5 nitrogen and oxygen atoms in total. The van der Waals surface area contributed by atoms with E-state index in [4.69, 9.17) is 16.7 Å². The largest absolute Gasteiger partial charge is 0.481 e. The van der Waals surface area contributed by atoms with Crippen LogP contribution < -0.4 is 10.6 Å². The van der Waals surface area contributed by atoms with Crippen LogP contribution in [0.15, 0.2) is 24.3 Å². The second-order valence-corrected chi connectivity index (χ2v) is 7.72. The Morgan fingerprint density at radius 2 is 1.80 bits per heavy atom. The van der Waals surface area contributed by atoms with E-state index in [1.165, 1.54) is 0 Å². The van der Waals surface area contributed by atoms with Gasteiger partial charge in [0.25, 0.3) is 0 Å². The van der Waals surface area contributed by atoms with E-state index in [0.717, 1.165) is 31.2 Å². The van der Waals surface area contributed by atoms with Crippen LogP contribution in [0.1, 0.15) is 56.9 Å². The number of hydrogen-bond acceptors (Lipinski definition) is 2. The number of carbonyl (C=O) groups excluding carboxylic acids is 1. The Hall–Kier alpha value is -1.75. The molecule has 0 radical (unpaired) electrons. The molecule has 0 atom stereocenters. The van der Waals surface area contributed by atoms with E-state index in [2.05, 4.69) is 10.6 Å². The number of amides is 2. The van der Waals surface area contributed by atoms with Crippen LogP contribution in [0, 0.1) is 5.92 Å². The van der Waals surface area contributed by atoms with Crippen molar-refractivity contribution >= 4 is 23.6 Å². The van der Waals surface area contributed by atoms with E-state index in [-0.39, 0.29) is 23.5 Å². The number of nitrogens with one attached hydrogen (secondary N) is 2. The summed E-state index contributed by atoms with van der Waals surface area (Å²) in [5.74, 6) is -0.998. The van der Waals surface area contributed by atoms with Crippen LogP contribution in [0.3, 0.4) is 0 Å². The number of carboxylic acid groups (broad SMARTS) is 1. The van der Waals surface area contributed by atoms with Gasteiger partial charge in [-0.25, -0.2) is 4.79 Å². The lowest BCUT2D eigenvalue weighted by Gasteiger charge is -2.33. The molecule has 0 saturated heterocycles. The molecule has 2 amide bonds. The highest BCUT2D eigenvalue weighted by Gasteiger charge is 2.37. The molecule has 0 aliphatic heterocycles. The number of benzene rings is 1. The van der Waals surface area contributed by atoms with Crippen molar-refractivity contribution in [3.05, 3.63) is 34.9 Å². The first-order valence-electron chi connectivity index (χ1n) is 9.06. The summed E-state index contributed by atoms with van der Waals surface area (Å²) in [6.07, 6.45) is 6.66. The molecule has 2 saturated carbocycles. The van der Waals surface area contributed by atoms with Gasteiger partial charge < -0.3 is 15.7 Å². The predicted octanol–water partition coefficient (Wildman–Crippen LogP) is 4.05. The molecule has 2 aliphatic rings. The third-order valence-electron chi connectivity index (χ3n) is 5.60. The van der Waals surface area contributed by atoms with Gasteiger partial charge >= 0.3 is 12.0 Å². The van der Waals surface area contributed by atoms with Crippen molar-refractivity contribution in [2.24, 2.45) is 5.92 Å². The summed E-state index contributed by atoms with van der Waals surface area (Å²) in [6.45, 7) is 0. The van der Waals surface area contributed by atoms with E-state index in [9.17, 15) is 9.59 Å². The molecule has 1 aromatic carbocycles. The number of urea groups is 1. The molecule has 2 fully saturated rings. The van der Waals surface area contributed by atoms with Crippen LogP contribution in [-0.2, 0) is 10.3 Å². The second kappa shape index (κ2) is 7.65. The number of halogens is 1. The van der Waals surface area contributed by atoms with Gasteiger partial charge in [-0.15, -0.1) is 0 Å². The molecule has 0 spiro atoms. The van der Waals surface area contributed by atoms with Crippen molar-refractivity contribution in [2.45, 2.75) is 62.9 Å². The quantitative estimate of drug-likeness (QED) is 0.754. The van der Waals surface area contributed by atoms with Gasteiger partial charge in [-0.2, -0.15) is 0 Å². The smallest absolute Gasteiger partial charge is 0.315 e. The normalized spacial score (nSPS) is 25.3.